The molecule has 0 radical (unpaired) electrons. The standard InChI is InChI=1S/C12H16N4O/c1-17-12-9-15-16(10-12)6-5-14-8-11-3-2-4-13-7-11/h2-4,7,9-10,14H,5-6,8H2,1H3. The van der Waals surface area contributed by atoms with E-state index in [-0.39, 0.29) is 0 Å². The maximum absolute atomic E-state index is 5.06. The van der Waals surface area contributed by atoms with Crippen LogP contribution in [-0.4, -0.2) is 28.4 Å². The summed E-state index contributed by atoms with van der Waals surface area (Å²) in [6.07, 6.45) is 7.23. The lowest BCUT2D eigenvalue weighted by Gasteiger charge is -2.04. The van der Waals surface area contributed by atoms with Crippen LogP contribution in [0.2, 0.25) is 0 Å². The number of ether oxygens (including phenoxy) is 1. The van der Waals surface area contributed by atoms with Crippen molar-refractivity contribution in [1.82, 2.24) is 20.1 Å². The molecule has 1 N–H and O–H groups in total. The molecular weight excluding hydrogens is 216 g/mol. The molecule has 90 valence electrons. The third kappa shape index (κ3) is 3.57. The van der Waals surface area contributed by atoms with Gasteiger partial charge in [0.25, 0.3) is 0 Å². The molecule has 2 heterocycles. The first kappa shape index (κ1) is 11.6. The molecule has 5 heteroatoms. The van der Waals surface area contributed by atoms with E-state index in [1.54, 1.807) is 19.5 Å². The van der Waals surface area contributed by atoms with Gasteiger partial charge in [0.2, 0.25) is 0 Å². The van der Waals surface area contributed by atoms with Gasteiger partial charge in [-0.15, -0.1) is 0 Å². The summed E-state index contributed by atoms with van der Waals surface area (Å²) in [6.45, 7) is 2.51. The Bertz CT molecular complexity index is 441. The Labute approximate surface area is 100 Å². The van der Waals surface area contributed by atoms with Gasteiger partial charge in [-0.1, -0.05) is 6.07 Å². The first-order valence-electron chi connectivity index (χ1n) is 5.54. The fraction of sp³-hybridized carbons (Fsp3) is 0.333. The van der Waals surface area contributed by atoms with Gasteiger partial charge in [0.15, 0.2) is 5.75 Å². The summed E-state index contributed by atoms with van der Waals surface area (Å²) < 4.78 is 6.91. The highest BCUT2D eigenvalue weighted by Crippen LogP contribution is 2.05. The van der Waals surface area contributed by atoms with Crippen molar-refractivity contribution in [3.63, 3.8) is 0 Å². The molecule has 2 aromatic heterocycles. The van der Waals surface area contributed by atoms with Crippen molar-refractivity contribution in [2.75, 3.05) is 13.7 Å². The Balaban J connectivity index is 1.69. The Morgan fingerprint density at radius 2 is 2.35 bits per heavy atom. The van der Waals surface area contributed by atoms with Crippen LogP contribution in [0, 0.1) is 0 Å². The Morgan fingerprint density at radius 3 is 3.06 bits per heavy atom. The molecule has 2 aromatic rings. The number of hydrogen-bond acceptors (Lipinski definition) is 4. The third-order valence-corrected chi connectivity index (χ3v) is 2.41. The lowest BCUT2D eigenvalue weighted by atomic mass is 10.3. The number of nitrogens with zero attached hydrogens (tertiary/aromatic N) is 3. The van der Waals surface area contributed by atoms with Crippen LogP contribution in [0.25, 0.3) is 0 Å². The van der Waals surface area contributed by atoms with E-state index in [0.29, 0.717) is 0 Å². The Hall–Kier alpha value is -1.88. The molecule has 2 rings (SSSR count). The lowest BCUT2D eigenvalue weighted by Crippen LogP contribution is -2.19. The molecule has 5 nitrogen and oxygen atoms in total. The van der Waals surface area contributed by atoms with Gasteiger partial charge < -0.3 is 10.1 Å². The summed E-state index contributed by atoms with van der Waals surface area (Å²) in [5, 5.41) is 7.51. The van der Waals surface area contributed by atoms with Crippen LogP contribution in [0.1, 0.15) is 5.56 Å². The van der Waals surface area contributed by atoms with Gasteiger partial charge in [0.05, 0.1) is 26.0 Å². The van der Waals surface area contributed by atoms with E-state index in [2.05, 4.69) is 21.5 Å². The number of hydrogen-bond donors (Lipinski definition) is 1. The minimum atomic E-state index is 0.789. The summed E-state index contributed by atoms with van der Waals surface area (Å²) in [4.78, 5) is 4.06. The number of nitrogens with one attached hydrogen (secondary N) is 1. The average molecular weight is 232 g/mol. The van der Waals surface area contributed by atoms with E-state index in [9.17, 15) is 0 Å². The highest BCUT2D eigenvalue weighted by atomic mass is 16.5. The second-order valence-corrected chi connectivity index (χ2v) is 3.68. The summed E-state index contributed by atoms with van der Waals surface area (Å²) in [5.41, 5.74) is 1.19. The van der Waals surface area contributed by atoms with Crippen LogP contribution in [0.15, 0.2) is 36.9 Å². The van der Waals surface area contributed by atoms with E-state index in [1.807, 2.05) is 23.1 Å². The topological polar surface area (TPSA) is 52.0 Å². The molecule has 0 aromatic carbocycles. The molecular formula is C12H16N4O. The molecule has 0 atom stereocenters. The van der Waals surface area contributed by atoms with Gasteiger partial charge in [-0.05, 0) is 11.6 Å². The monoisotopic (exact) mass is 232 g/mol. The highest BCUT2D eigenvalue weighted by molar-refractivity contribution is 5.11. The summed E-state index contributed by atoms with van der Waals surface area (Å²) >= 11 is 0. The third-order valence-electron chi connectivity index (χ3n) is 2.41. The maximum atomic E-state index is 5.06. The molecule has 0 spiro atoms. The fourth-order valence-corrected chi connectivity index (χ4v) is 1.50. The van der Waals surface area contributed by atoms with Gasteiger partial charge in [0.1, 0.15) is 0 Å². The maximum Gasteiger partial charge on any atom is 0.156 e. The molecule has 0 fully saturated rings. The minimum Gasteiger partial charge on any atom is -0.493 e. The van der Waals surface area contributed by atoms with Gasteiger partial charge in [-0.3, -0.25) is 9.67 Å². The number of pyridine rings is 1. The zero-order valence-corrected chi connectivity index (χ0v) is 9.84. The van der Waals surface area contributed by atoms with Crippen LogP contribution < -0.4 is 10.1 Å². The van der Waals surface area contributed by atoms with E-state index < -0.39 is 0 Å². The normalized spacial score (nSPS) is 10.4. The number of methoxy groups -OCH3 is 1. The van der Waals surface area contributed by atoms with Crippen molar-refractivity contribution in [2.45, 2.75) is 13.1 Å². The van der Waals surface area contributed by atoms with Crippen LogP contribution >= 0.6 is 0 Å². The minimum absolute atomic E-state index is 0.789. The largest absolute Gasteiger partial charge is 0.493 e. The molecule has 17 heavy (non-hydrogen) atoms. The van der Waals surface area contributed by atoms with Crippen molar-refractivity contribution < 1.29 is 4.74 Å². The quantitative estimate of drug-likeness (QED) is 0.757. The molecule has 0 unspecified atom stereocenters. The van der Waals surface area contributed by atoms with E-state index in [4.69, 9.17) is 4.74 Å². The van der Waals surface area contributed by atoms with Crippen molar-refractivity contribution in [1.29, 1.82) is 0 Å². The van der Waals surface area contributed by atoms with Gasteiger partial charge in [0, 0.05) is 25.5 Å². The van der Waals surface area contributed by atoms with Crippen LogP contribution in [0.3, 0.4) is 0 Å². The van der Waals surface area contributed by atoms with Crippen molar-refractivity contribution in [2.24, 2.45) is 0 Å². The summed E-state index contributed by atoms with van der Waals surface area (Å²) in [7, 11) is 1.64. The molecule has 0 aliphatic carbocycles. The first-order valence-corrected chi connectivity index (χ1v) is 5.54. The average Bonchev–Trinajstić information content (AvgIpc) is 2.84. The molecule has 0 aliphatic rings. The van der Waals surface area contributed by atoms with Crippen molar-refractivity contribution in [3.05, 3.63) is 42.5 Å². The fourth-order valence-electron chi connectivity index (χ4n) is 1.50. The van der Waals surface area contributed by atoms with Crippen molar-refractivity contribution >= 4 is 0 Å². The molecule has 0 bridgehead atoms. The van der Waals surface area contributed by atoms with Gasteiger partial charge >= 0.3 is 0 Å². The molecule has 0 saturated carbocycles. The second-order valence-electron chi connectivity index (χ2n) is 3.68. The zero-order chi connectivity index (χ0) is 11.9. The summed E-state index contributed by atoms with van der Waals surface area (Å²) in [6, 6.07) is 3.99. The van der Waals surface area contributed by atoms with Crippen LogP contribution in [0.4, 0.5) is 0 Å². The highest BCUT2D eigenvalue weighted by Gasteiger charge is 1.97. The SMILES string of the molecule is COc1cnn(CCNCc2cccnc2)c1. The van der Waals surface area contributed by atoms with Gasteiger partial charge in [-0.2, -0.15) is 5.10 Å². The molecule has 0 aliphatic heterocycles. The molecule has 0 amide bonds. The zero-order valence-electron chi connectivity index (χ0n) is 9.84. The van der Waals surface area contributed by atoms with E-state index in [1.165, 1.54) is 5.56 Å². The second kappa shape index (κ2) is 6.00. The smallest absolute Gasteiger partial charge is 0.156 e. The Kier molecular flexibility index (Phi) is 4.10. The predicted octanol–water partition coefficient (Wildman–Crippen LogP) is 1.08. The molecule has 0 saturated heterocycles. The number of aromatic nitrogens is 3. The predicted molar refractivity (Wildman–Crippen MR) is 64.7 cm³/mol. The van der Waals surface area contributed by atoms with E-state index >= 15 is 0 Å². The Morgan fingerprint density at radius 1 is 1.41 bits per heavy atom. The van der Waals surface area contributed by atoms with E-state index in [0.717, 1.165) is 25.4 Å². The first-order chi connectivity index (χ1) is 8.38. The van der Waals surface area contributed by atoms with Crippen molar-refractivity contribution in [3.8, 4) is 5.75 Å². The summed E-state index contributed by atoms with van der Waals surface area (Å²) in [5.74, 6) is 0.789. The van der Waals surface area contributed by atoms with Crippen LogP contribution in [-0.2, 0) is 13.1 Å². The lowest BCUT2D eigenvalue weighted by molar-refractivity contribution is 0.413. The van der Waals surface area contributed by atoms with Crippen LogP contribution in [0.5, 0.6) is 5.75 Å². The number of rotatable bonds is 6. The van der Waals surface area contributed by atoms with Gasteiger partial charge in [-0.25, -0.2) is 0 Å².